The monoisotopic (exact) mass is 618 g/mol. The third kappa shape index (κ3) is 5.69. The lowest BCUT2D eigenvalue weighted by atomic mass is 9.93. The molecule has 48 heavy (non-hydrogen) atoms. The van der Waals surface area contributed by atoms with Gasteiger partial charge in [0.2, 0.25) is 0 Å². The quantitative estimate of drug-likeness (QED) is 0.148. The molecule has 0 saturated carbocycles. The first kappa shape index (κ1) is 31.2. The second-order valence-corrected chi connectivity index (χ2v) is 13.2. The summed E-state index contributed by atoms with van der Waals surface area (Å²) >= 11 is 0. The van der Waals surface area contributed by atoms with Crippen LogP contribution in [0.2, 0.25) is 0 Å². The van der Waals surface area contributed by atoms with Gasteiger partial charge in [0.1, 0.15) is 0 Å². The number of benzene rings is 9. The lowest BCUT2D eigenvalue weighted by Gasteiger charge is -2.11. The molecule has 0 unspecified atom stereocenters. The molecule has 0 aliphatic carbocycles. The molecule has 0 saturated heterocycles. The van der Waals surface area contributed by atoms with E-state index in [1.54, 1.807) is 0 Å². The highest BCUT2D eigenvalue weighted by molar-refractivity contribution is 6.11. The van der Waals surface area contributed by atoms with Crippen molar-refractivity contribution in [3.05, 3.63) is 179 Å². The van der Waals surface area contributed by atoms with Crippen molar-refractivity contribution in [2.24, 2.45) is 0 Å². The molecule has 0 spiro atoms. The summed E-state index contributed by atoms with van der Waals surface area (Å²) in [5, 5.41) is 16.3. The van der Waals surface area contributed by atoms with Crippen LogP contribution in [-0.4, -0.2) is 0 Å². The smallest absolute Gasteiger partial charge is 0.0100 e. The van der Waals surface area contributed by atoms with Crippen LogP contribution in [-0.2, 0) is 0 Å². The summed E-state index contributed by atoms with van der Waals surface area (Å²) in [6.07, 6.45) is 0. The van der Waals surface area contributed by atoms with Crippen molar-refractivity contribution in [1.29, 1.82) is 0 Å². The van der Waals surface area contributed by atoms with Crippen molar-refractivity contribution in [1.82, 2.24) is 0 Å². The average Bonchev–Trinajstić information content (AvgIpc) is 3.11. The van der Waals surface area contributed by atoms with E-state index < -0.39 is 0 Å². The van der Waals surface area contributed by atoms with Crippen LogP contribution in [0.25, 0.3) is 64.6 Å². The third-order valence-corrected chi connectivity index (χ3v) is 10.0. The van der Waals surface area contributed by atoms with Crippen molar-refractivity contribution < 1.29 is 0 Å². The fourth-order valence-corrected chi connectivity index (χ4v) is 7.57. The summed E-state index contributed by atoms with van der Waals surface area (Å²) in [7, 11) is 0. The molecule has 0 heterocycles. The Morgan fingerprint density at radius 3 is 1.40 bits per heavy atom. The lowest BCUT2D eigenvalue weighted by Crippen LogP contribution is -1.87. The molecule has 0 amide bonds. The Morgan fingerprint density at radius 1 is 0.271 bits per heavy atom. The van der Waals surface area contributed by atoms with Gasteiger partial charge in [0, 0.05) is 0 Å². The average molecular weight is 619 g/mol. The minimum atomic E-state index is 1.32. The molecule has 0 radical (unpaired) electrons. The van der Waals surface area contributed by atoms with Gasteiger partial charge in [-0.05, 0) is 134 Å². The first-order chi connectivity index (χ1) is 23.3. The molecule has 0 N–H and O–H groups in total. The van der Waals surface area contributed by atoms with Crippen LogP contribution in [0.5, 0.6) is 0 Å². The molecule has 234 valence electrons. The van der Waals surface area contributed by atoms with Gasteiger partial charge in [0.25, 0.3) is 0 Å². The molecular formula is C48H42. The summed E-state index contributed by atoms with van der Waals surface area (Å²) in [5.41, 5.74) is 8.22. The molecule has 0 atom stereocenters. The van der Waals surface area contributed by atoms with Gasteiger partial charge in [-0.15, -0.1) is 0 Å². The second-order valence-electron chi connectivity index (χ2n) is 13.2. The number of hydrogen-bond donors (Lipinski definition) is 0. The number of fused-ring (bicyclic) bond motifs is 9. The molecule has 0 aliphatic heterocycles. The summed E-state index contributed by atoms with van der Waals surface area (Å²) in [5.74, 6) is 0. The summed E-state index contributed by atoms with van der Waals surface area (Å²) in [6.45, 7) is 13.2. The summed E-state index contributed by atoms with van der Waals surface area (Å²) in [6, 6.07) is 52.3. The van der Waals surface area contributed by atoms with Gasteiger partial charge in [-0.3, -0.25) is 0 Å². The van der Waals surface area contributed by atoms with Gasteiger partial charge in [0.05, 0.1) is 0 Å². The molecule has 9 aromatic rings. The van der Waals surface area contributed by atoms with Crippen LogP contribution >= 0.6 is 0 Å². The van der Waals surface area contributed by atoms with Gasteiger partial charge in [-0.1, -0.05) is 151 Å². The zero-order valence-corrected chi connectivity index (χ0v) is 28.9. The van der Waals surface area contributed by atoms with Gasteiger partial charge >= 0.3 is 0 Å². The zero-order valence-electron chi connectivity index (χ0n) is 28.9. The van der Waals surface area contributed by atoms with Crippen molar-refractivity contribution in [3.63, 3.8) is 0 Å². The van der Waals surface area contributed by atoms with E-state index in [-0.39, 0.29) is 0 Å². The molecule has 0 aliphatic rings. The standard InChI is InChI=1S/3C16H14/c1-11-12(2)14-8-4-6-10-16(14)15-9-5-3-7-13(11)15;1-11-6-5-9-15-14-8-4-3-7-13(14)10-12(2)16(11)15;1-11-9-12(2)14-8-7-13-5-3-4-6-15(13)16(14)10-11/h3*3-10H,1-2H3. The van der Waals surface area contributed by atoms with E-state index in [0.29, 0.717) is 0 Å². The highest BCUT2D eigenvalue weighted by Gasteiger charge is 2.07. The molecule has 9 aromatic carbocycles. The Balaban J connectivity index is 0.000000114. The minimum absolute atomic E-state index is 1.32. The number of hydrogen-bond acceptors (Lipinski definition) is 0. The third-order valence-electron chi connectivity index (χ3n) is 10.0. The molecule has 0 aromatic heterocycles. The number of rotatable bonds is 0. The molecule has 0 heteroatoms. The highest BCUT2D eigenvalue weighted by atomic mass is 14.1. The maximum absolute atomic E-state index is 2.28. The summed E-state index contributed by atoms with van der Waals surface area (Å²) < 4.78 is 0. The molecule has 9 rings (SSSR count). The van der Waals surface area contributed by atoms with E-state index in [9.17, 15) is 0 Å². The second kappa shape index (κ2) is 13.0. The molecule has 0 nitrogen and oxygen atoms in total. The van der Waals surface area contributed by atoms with Crippen molar-refractivity contribution in [2.45, 2.75) is 41.5 Å². The van der Waals surface area contributed by atoms with Crippen LogP contribution < -0.4 is 0 Å². The molecular weight excluding hydrogens is 577 g/mol. The van der Waals surface area contributed by atoms with E-state index >= 15 is 0 Å². The van der Waals surface area contributed by atoms with Crippen LogP contribution in [0.1, 0.15) is 33.4 Å². The van der Waals surface area contributed by atoms with Crippen LogP contribution in [0.3, 0.4) is 0 Å². The maximum Gasteiger partial charge on any atom is -0.0100 e. The zero-order chi connectivity index (χ0) is 33.4. The topological polar surface area (TPSA) is 0 Å². The molecule has 0 bridgehead atoms. The van der Waals surface area contributed by atoms with Gasteiger partial charge < -0.3 is 0 Å². The normalized spacial score (nSPS) is 11.1. The summed E-state index contributed by atoms with van der Waals surface area (Å²) in [4.78, 5) is 0. The van der Waals surface area contributed by atoms with E-state index in [4.69, 9.17) is 0 Å². The maximum atomic E-state index is 2.28. The Hall–Kier alpha value is -5.46. The number of aryl methyl sites for hydroxylation is 6. The molecule has 0 fully saturated rings. The fourth-order valence-electron chi connectivity index (χ4n) is 7.57. The largest absolute Gasteiger partial charge is 0.0616 e. The lowest BCUT2D eigenvalue weighted by molar-refractivity contribution is 1.41. The van der Waals surface area contributed by atoms with E-state index in [2.05, 4.69) is 187 Å². The van der Waals surface area contributed by atoms with Gasteiger partial charge in [-0.25, -0.2) is 0 Å². The first-order valence-corrected chi connectivity index (χ1v) is 16.9. The Bertz CT molecular complexity index is 2550. The Morgan fingerprint density at radius 2 is 0.771 bits per heavy atom. The van der Waals surface area contributed by atoms with E-state index in [1.165, 1.54) is 98.0 Å². The van der Waals surface area contributed by atoms with Crippen molar-refractivity contribution in [2.75, 3.05) is 0 Å². The predicted molar refractivity (Wildman–Crippen MR) is 213 cm³/mol. The van der Waals surface area contributed by atoms with Crippen molar-refractivity contribution in [3.8, 4) is 0 Å². The fraction of sp³-hybridized carbons (Fsp3) is 0.125. The van der Waals surface area contributed by atoms with Crippen LogP contribution in [0.4, 0.5) is 0 Å². The van der Waals surface area contributed by atoms with Crippen LogP contribution in [0.15, 0.2) is 146 Å². The Kier molecular flexibility index (Phi) is 8.42. The SMILES string of the molecule is Cc1c(C)c2ccccc2c2ccccc12.Cc1cc(C)c2ccc3ccccc3c2c1.Cc1cccc2c1c(C)cc1ccccc12. The first-order valence-electron chi connectivity index (χ1n) is 16.9. The van der Waals surface area contributed by atoms with E-state index in [1.807, 2.05) is 0 Å². The highest BCUT2D eigenvalue weighted by Crippen LogP contribution is 2.33. The predicted octanol–water partition coefficient (Wildman–Crippen LogP) is 13.8. The van der Waals surface area contributed by atoms with Crippen LogP contribution in [0, 0.1) is 41.5 Å². The van der Waals surface area contributed by atoms with Crippen molar-refractivity contribution >= 4 is 64.6 Å². The van der Waals surface area contributed by atoms with Gasteiger partial charge in [-0.2, -0.15) is 0 Å². The van der Waals surface area contributed by atoms with Gasteiger partial charge in [0.15, 0.2) is 0 Å². The van der Waals surface area contributed by atoms with E-state index in [0.717, 1.165) is 0 Å². The Labute approximate surface area is 284 Å². The minimum Gasteiger partial charge on any atom is -0.0616 e.